The number of aliphatic imine (C=N–C) groups is 1. The van der Waals surface area contributed by atoms with Crippen molar-refractivity contribution in [2.24, 2.45) is 4.99 Å². The Morgan fingerprint density at radius 3 is 2.39 bits per heavy atom. The maximum Gasteiger partial charge on any atom is 0.251 e. The smallest absolute Gasteiger partial charge is 0.251 e. The number of hydrogen-bond donors (Lipinski definition) is 2. The number of carbonyl (C=O) groups is 1. The van der Waals surface area contributed by atoms with Crippen LogP contribution in [0.25, 0.3) is 0 Å². The highest BCUT2D eigenvalue weighted by Gasteiger charge is 2.09. The zero-order chi connectivity index (χ0) is 19.6. The third-order valence-electron chi connectivity index (χ3n) is 4.31. The van der Waals surface area contributed by atoms with E-state index in [0.29, 0.717) is 12.1 Å². The van der Waals surface area contributed by atoms with E-state index in [0.717, 1.165) is 24.5 Å². The number of halogens is 1. The molecule has 1 amide bonds. The van der Waals surface area contributed by atoms with Gasteiger partial charge in [0.05, 0.1) is 6.54 Å². The Labute approximate surface area is 185 Å². The molecule has 0 aliphatic heterocycles. The molecule has 28 heavy (non-hydrogen) atoms. The Morgan fingerprint density at radius 1 is 1.07 bits per heavy atom. The molecular weight excluding hydrogens is 463 g/mol. The van der Waals surface area contributed by atoms with E-state index in [1.54, 1.807) is 0 Å². The summed E-state index contributed by atoms with van der Waals surface area (Å²) in [4.78, 5) is 19.0. The number of amides is 1. The topological polar surface area (TPSA) is 56.7 Å². The molecule has 0 saturated carbocycles. The number of benzene rings is 2. The van der Waals surface area contributed by atoms with E-state index in [1.165, 1.54) is 5.56 Å². The summed E-state index contributed by atoms with van der Waals surface area (Å²) in [6.07, 6.45) is 0.912. The molecule has 1 unspecified atom stereocenters. The lowest BCUT2D eigenvalue weighted by atomic mass is 10.1. The highest BCUT2D eigenvalue weighted by atomic mass is 127. The van der Waals surface area contributed by atoms with Crippen LogP contribution in [0.1, 0.15) is 41.8 Å². The first-order valence-corrected chi connectivity index (χ1v) is 9.39. The normalized spacial score (nSPS) is 11.9. The summed E-state index contributed by atoms with van der Waals surface area (Å²) in [7, 11) is 3.93. The van der Waals surface area contributed by atoms with Crippen molar-refractivity contribution in [2.45, 2.75) is 39.4 Å². The van der Waals surface area contributed by atoms with Crippen LogP contribution in [0.3, 0.4) is 0 Å². The Hall–Kier alpha value is -2.09. The zero-order valence-electron chi connectivity index (χ0n) is 17.1. The molecule has 2 rings (SSSR count). The van der Waals surface area contributed by atoms with Crippen molar-refractivity contribution in [1.29, 1.82) is 0 Å². The molecule has 0 spiro atoms. The maximum absolute atomic E-state index is 12.3. The van der Waals surface area contributed by atoms with Gasteiger partial charge in [0, 0.05) is 32.2 Å². The van der Waals surface area contributed by atoms with Crippen molar-refractivity contribution in [3.8, 4) is 0 Å². The maximum atomic E-state index is 12.3. The molecule has 0 bridgehead atoms. The summed E-state index contributed by atoms with van der Waals surface area (Å²) in [5, 5.41) is 6.37. The lowest BCUT2D eigenvalue weighted by molar-refractivity contribution is 0.0939. The minimum atomic E-state index is -0.0368. The fourth-order valence-electron chi connectivity index (χ4n) is 2.52. The van der Waals surface area contributed by atoms with Crippen LogP contribution in [0.2, 0.25) is 0 Å². The molecule has 0 saturated heterocycles. The first kappa shape index (κ1) is 23.9. The predicted molar refractivity (Wildman–Crippen MR) is 127 cm³/mol. The third kappa shape index (κ3) is 7.88. The predicted octanol–water partition coefficient (Wildman–Crippen LogP) is 4.04. The first-order chi connectivity index (χ1) is 13.0. The van der Waals surface area contributed by atoms with Crippen LogP contribution in [0, 0.1) is 0 Å². The molecule has 152 valence electrons. The van der Waals surface area contributed by atoms with Gasteiger partial charge in [0.1, 0.15) is 0 Å². The van der Waals surface area contributed by atoms with E-state index >= 15 is 0 Å². The largest absolute Gasteiger partial charge is 0.352 e. The molecule has 2 aromatic rings. The van der Waals surface area contributed by atoms with Gasteiger partial charge in [-0.1, -0.05) is 49.4 Å². The summed E-state index contributed by atoms with van der Waals surface area (Å²) in [6, 6.07) is 18.0. The molecule has 0 aliphatic rings. The molecule has 0 aromatic heterocycles. The molecule has 5 nitrogen and oxygen atoms in total. The second kappa shape index (κ2) is 12.4. The van der Waals surface area contributed by atoms with Gasteiger partial charge in [-0.2, -0.15) is 0 Å². The fourth-order valence-corrected chi connectivity index (χ4v) is 2.52. The number of hydrogen-bond acceptors (Lipinski definition) is 2. The summed E-state index contributed by atoms with van der Waals surface area (Å²) >= 11 is 0. The van der Waals surface area contributed by atoms with Crippen LogP contribution < -0.4 is 10.6 Å². The minimum absolute atomic E-state index is 0. The number of nitrogens with one attached hydrogen (secondary N) is 2. The second-order valence-corrected chi connectivity index (χ2v) is 6.86. The lowest BCUT2D eigenvalue weighted by Gasteiger charge is -2.18. The Morgan fingerprint density at radius 2 is 1.75 bits per heavy atom. The summed E-state index contributed by atoms with van der Waals surface area (Å²) in [5.41, 5.74) is 2.88. The summed E-state index contributed by atoms with van der Waals surface area (Å²) in [6.45, 7) is 5.30. The number of rotatable bonds is 7. The highest BCUT2D eigenvalue weighted by Crippen LogP contribution is 2.08. The Bertz CT molecular complexity index is 762. The summed E-state index contributed by atoms with van der Waals surface area (Å²) in [5.74, 6) is 0.776. The molecule has 0 radical (unpaired) electrons. The number of carbonyl (C=O) groups excluding carboxylic acids is 1. The van der Waals surface area contributed by atoms with E-state index in [9.17, 15) is 4.79 Å². The monoisotopic (exact) mass is 494 g/mol. The van der Waals surface area contributed by atoms with Crippen LogP contribution in [0.15, 0.2) is 59.6 Å². The van der Waals surface area contributed by atoms with E-state index < -0.39 is 0 Å². The SMILES string of the molecule is CCC(C)NC(=O)c1cccc(CN=C(NCc2ccccc2)N(C)C)c1.I. The van der Waals surface area contributed by atoms with Crippen molar-refractivity contribution in [3.05, 3.63) is 71.3 Å². The molecule has 0 fully saturated rings. The van der Waals surface area contributed by atoms with Gasteiger partial charge >= 0.3 is 0 Å². The third-order valence-corrected chi connectivity index (χ3v) is 4.31. The molecular formula is C22H31IN4O. The van der Waals surface area contributed by atoms with Crippen LogP contribution in [0.5, 0.6) is 0 Å². The molecule has 2 N–H and O–H groups in total. The summed E-state index contributed by atoms with van der Waals surface area (Å²) < 4.78 is 0. The van der Waals surface area contributed by atoms with E-state index in [2.05, 4.69) is 34.7 Å². The van der Waals surface area contributed by atoms with E-state index in [4.69, 9.17) is 0 Å². The fraction of sp³-hybridized carbons (Fsp3) is 0.364. The first-order valence-electron chi connectivity index (χ1n) is 9.39. The van der Waals surface area contributed by atoms with Crippen LogP contribution >= 0.6 is 24.0 Å². The van der Waals surface area contributed by atoms with Crippen molar-refractivity contribution >= 4 is 35.8 Å². The van der Waals surface area contributed by atoms with Crippen molar-refractivity contribution in [1.82, 2.24) is 15.5 Å². The van der Waals surface area contributed by atoms with Crippen LogP contribution in [-0.2, 0) is 13.1 Å². The van der Waals surface area contributed by atoms with Gasteiger partial charge in [-0.25, -0.2) is 4.99 Å². The second-order valence-electron chi connectivity index (χ2n) is 6.86. The van der Waals surface area contributed by atoms with E-state index in [1.807, 2.05) is 68.4 Å². The molecule has 6 heteroatoms. The van der Waals surface area contributed by atoms with Gasteiger partial charge in [0.2, 0.25) is 0 Å². The van der Waals surface area contributed by atoms with Crippen LogP contribution in [-0.4, -0.2) is 36.9 Å². The lowest BCUT2D eigenvalue weighted by Crippen LogP contribution is -2.36. The number of guanidine groups is 1. The van der Waals surface area contributed by atoms with Crippen LogP contribution in [0.4, 0.5) is 0 Å². The van der Waals surface area contributed by atoms with Gasteiger partial charge in [-0.3, -0.25) is 4.79 Å². The highest BCUT2D eigenvalue weighted by molar-refractivity contribution is 14.0. The molecule has 0 heterocycles. The average Bonchev–Trinajstić information content (AvgIpc) is 2.68. The van der Waals surface area contributed by atoms with E-state index in [-0.39, 0.29) is 35.9 Å². The van der Waals surface area contributed by atoms with Crippen molar-refractivity contribution in [2.75, 3.05) is 14.1 Å². The van der Waals surface area contributed by atoms with Gasteiger partial charge < -0.3 is 15.5 Å². The van der Waals surface area contributed by atoms with Crippen molar-refractivity contribution in [3.63, 3.8) is 0 Å². The average molecular weight is 494 g/mol. The van der Waals surface area contributed by atoms with Gasteiger partial charge in [0.25, 0.3) is 5.91 Å². The zero-order valence-corrected chi connectivity index (χ0v) is 19.4. The molecule has 0 aliphatic carbocycles. The van der Waals surface area contributed by atoms with Gasteiger partial charge in [-0.05, 0) is 36.6 Å². The molecule has 1 atom stereocenters. The van der Waals surface area contributed by atoms with Gasteiger partial charge in [0.15, 0.2) is 5.96 Å². The Kier molecular flexibility index (Phi) is 10.6. The quantitative estimate of drug-likeness (QED) is 0.347. The number of nitrogens with zero attached hydrogens (tertiary/aromatic N) is 2. The minimum Gasteiger partial charge on any atom is -0.352 e. The van der Waals surface area contributed by atoms with Gasteiger partial charge in [-0.15, -0.1) is 24.0 Å². The standard InChI is InChI=1S/C22H30N4O.HI/c1-5-17(2)25-21(27)20-13-9-12-19(14-20)16-24-22(26(3)4)23-15-18-10-7-6-8-11-18;/h6-14,17H,5,15-16H2,1-4H3,(H,23,24)(H,25,27);1H. The Balaban J connectivity index is 0.00000392. The molecule has 2 aromatic carbocycles. The van der Waals surface area contributed by atoms with Crippen molar-refractivity contribution < 1.29 is 4.79 Å².